The van der Waals surface area contributed by atoms with Crippen molar-refractivity contribution in [1.29, 1.82) is 0 Å². The second-order valence-corrected chi connectivity index (χ2v) is 5.96. The molecule has 0 aliphatic heterocycles. The summed E-state index contributed by atoms with van der Waals surface area (Å²) in [6, 6.07) is 0.801. The molecule has 0 heterocycles. The quantitative estimate of drug-likeness (QED) is 0.656. The summed E-state index contributed by atoms with van der Waals surface area (Å²) in [4.78, 5) is 4.94. The number of nitrogens with zero attached hydrogens (tertiary/aromatic N) is 2. The first kappa shape index (κ1) is 14.7. The van der Waals surface area contributed by atoms with Crippen molar-refractivity contribution in [2.24, 2.45) is 5.92 Å². The highest BCUT2D eigenvalue weighted by Gasteiger charge is 2.25. The zero-order chi connectivity index (χ0) is 12.8. The Balaban J connectivity index is 2.36. The average molecular weight is 238 g/mol. The molecule has 1 fully saturated rings. The van der Waals surface area contributed by atoms with Crippen LogP contribution < -0.4 is 0 Å². The summed E-state index contributed by atoms with van der Waals surface area (Å²) in [6.45, 7) is 12.0. The fraction of sp³-hybridized carbons (Fsp3) is 0.867. The van der Waals surface area contributed by atoms with Gasteiger partial charge in [0.25, 0.3) is 0 Å². The van der Waals surface area contributed by atoms with Gasteiger partial charge in [-0.05, 0) is 59.2 Å². The summed E-state index contributed by atoms with van der Waals surface area (Å²) in [6.07, 6.45) is 5.55. The molecule has 0 aromatic heterocycles. The van der Waals surface area contributed by atoms with E-state index in [2.05, 4.69) is 44.3 Å². The molecule has 17 heavy (non-hydrogen) atoms. The second-order valence-electron chi connectivity index (χ2n) is 5.96. The minimum Gasteiger partial charge on any atom is -0.309 e. The van der Waals surface area contributed by atoms with E-state index in [0.717, 1.165) is 25.0 Å². The minimum atomic E-state index is 0.801. The Morgan fingerprint density at radius 2 is 1.76 bits per heavy atom. The van der Waals surface area contributed by atoms with Crippen molar-refractivity contribution in [3.63, 3.8) is 0 Å². The summed E-state index contributed by atoms with van der Waals surface area (Å²) in [7, 11) is 4.37. The van der Waals surface area contributed by atoms with Gasteiger partial charge < -0.3 is 4.90 Å². The maximum Gasteiger partial charge on any atom is 0.0190 e. The molecule has 0 aromatic carbocycles. The van der Waals surface area contributed by atoms with E-state index in [1.54, 1.807) is 0 Å². The SMILES string of the molecule is C=C(C)CN(CC)C1CCC(CN(C)C)CC1. The minimum absolute atomic E-state index is 0.801. The van der Waals surface area contributed by atoms with Crippen molar-refractivity contribution in [1.82, 2.24) is 9.80 Å². The molecule has 0 atom stereocenters. The number of likely N-dealkylation sites (N-methyl/N-ethyl adjacent to an activating group) is 1. The van der Waals surface area contributed by atoms with Gasteiger partial charge in [0, 0.05) is 19.1 Å². The van der Waals surface area contributed by atoms with Crippen LogP contribution in [-0.4, -0.2) is 49.6 Å². The Bertz CT molecular complexity index is 227. The van der Waals surface area contributed by atoms with Gasteiger partial charge in [0.1, 0.15) is 0 Å². The lowest BCUT2D eigenvalue weighted by Crippen LogP contribution is -2.40. The van der Waals surface area contributed by atoms with Gasteiger partial charge in [-0.3, -0.25) is 4.90 Å². The Labute approximate surface area is 108 Å². The van der Waals surface area contributed by atoms with Crippen molar-refractivity contribution in [2.45, 2.75) is 45.6 Å². The molecule has 2 heteroatoms. The van der Waals surface area contributed by atoms with Gasteiger partial charge in [-0.1, -0.05) is 19.1 Å². The molecule has 0 bridgehead atoms. The fourth-order valence-electron chi connectivity index (χ4n) is 3.05. The molecule has 0 unspecified atom stereocenters. The Morgan fingerprint density at radius 3 is 2.18 bits per heavy atom. The molecule has 1 aliphatic carbocycles. The van der Waals surface area contributed by atoms with Gasteiger partial charge in [0.15, 0.2) is 0 Å². The first-order valence-electron chi connectivity index (χ1n) is 7.06. The lowest BCUT2D eigenvalue weighted by molar-refractivity contribution is 0.141. The standard InChI is InChI=1S/C15H30N2/c1-6-17(11-13(2)3)15-9-7-14(8-10-15)12-16(4)5/h14-15H,2,6-12H2,1,3-5H3. The molecule has 1 saturated carbocycles. The van der Waals surface area contributed by atoms with E-state index >= 15 is 0 Å². The van der Waals surface area contributed by atoms with Crippen LogP contribution in [-0.2, 0) is 0 Å². The predicted molar refractivity (Wildman–Crippen MR) is 76.4 cm³/mol. The van der Waals surface area contributed by atoms with E-state index in [1.165, 1.54) is 37.8 Å². The molecule has 0 spiro atoms. The average Bonchev–Trinajstić information content (AvgIpc) is 2.26. The third-order valence-corrected chi connectivity index (χ3v) is 3.84. The first-order valence-corrected chi connectivity index (χ1v) is 7.06. The lowest BCUT2D eigenvalue weighted by atomic mass is 9.85. The van der Waals surface area contributed by atoms with Crippen LogP contribution in [0.25, 0.3) is 0 Å². The second kappa shape index (κ2) is 7.17. The largest absolute Gasteiger partial charge is 0.309 e. The highest BCUT2D eigenvalue weighted by atomic mass is 15.1. The molecule has 0 amide bonds. The van der Waals surface area contributed by atoms with Gasteiger partial charge in [0.05, 0.1) is 0 Å². The third-order valence-electron chi connectivity index (χ3n) is 3.84. The molecule has 100 valence electrons. The van der Waals surface area contributed by atoms with Crippen LogP contribution in [0.5, 0.6) is 0 Å². The Morgan fingerprint density at radius 1 is 1.18 bits per heavy atom. The van der Waals surface area contributed by atoms with E-state index in [0.29, 0.717) is 0 Å². The summed E-state index contributed by atoms with van der Waals surface area (Å²) in [5.41, 5.74) is 1.29. The number of hydrogen-bond acceptors (Lipinski definition) is 2. The van der Waals surface area contributed by atoms with Crippen LogP contribution in [0.15, 0.2) is 12.2 Å². The number of rotatable bonds is 6. The molecule has 0 radical (unpaired) electrons. The molecule has 1 aliphatic rings. The zero-order valence-electron chi connectivity index (χ0n) is 12.2. The molecule has 0 aromatic rings. The maximum absolute atomic E-state index is 4.04. The molecule has 1 rings (SSSR count). The topological polar surface area (TPSA) is 6.48 Å². The van der Waals surface area contributed by atoms with E-state index < -0.39 is 0 Å². The molecular formula is C15H30N2. The van der Waals surface area contributed by atoms with Crippen molar-refractivity contribution in [2.75, 3.05) is 33.7 Å². The predicted octanol–water partition coefficient (Wildman–Crippen LogP) is 3.00. The van der Waals surface area contributed by atoms with Crippen LogP contribution in [0.3, 0.4) is 0 Å². The molecular weight excluding hydrogens is 208 g/mol. The van der Waals surface area contributed by atoms with Crippen molar-refractivity contribution < 1.29 is 0 Å². The van der Waals surface area contributed by atoms with Gasteiger partial charge in [0.2, 0.25) is 0 Å². The molecule has 0 N–H and O–H groups in total. The third kappa shape index (κ3) is 5.22. The monoisotopic (exact) mass is 238 g/mol. The van der Waals surface area contributed by atoms with Crippen LogP contribution in [0.1, 0.15) is 39.5 Å². The summed E-state index contributed by atoms with van der Waals surface area (Å²) in [5, 5.41) is 0. The van der Waals surface area contributed by atoms with Crippen LogP contribution >= 0.6 is 0 Å². The smallest absolute Gasteiger partial charge is 0.0190 e. The number of hydrogen-bond donors (Lipinski definition) is 0. The summed E-state index contributed by atoms with van der Waals surface area (Å²) >= 11 is 0. The first-order chi connectivity index (χ1) is 8.02. The van der Waals surface area contributed by atoms with Crippen LogP contribution in [0, 0.1) is 5.92 Å². The molecule has 2 nitrogen and oxygen atoms in total. The van der Waals surface area contributed by atoms with E-state index in [9.17, 15) is 0 Å². The lowest BCUT2D eigenvalue weighted by Gasteiger charge is -2.37. The van der Waals surface area contributed by atoms with Gasteiger partial charge >= 0.3 is 0 Å². The highest BCUT2D eigenvalue weighted by molar-refractivity contribution is 4.94. The van der Waals surface area contributed by atoms with E-state index in [1.807, 2.05) is 0 Å². The van der Waals surface area contributed by atoms with Gasteiger partial charge in [-0.25, -0.2) is 0 Å². The Kier molecular flexibility index (Phi) is 6.21. The van der Waals surface area contributed by atoms with E-state index in [-0.39, 0.29) is 0 Å². The Hall–Kier alpha value is -0.340. The van der Waals surface area contributed by atoms with Crippen molar-refractivity contribution in [3.8, 4) is 0 Å². The molecule has 0 saturated heterocycles. The fourth-order valence-corrected chi connectivity index (χ4v) is 3.05. The van der Waals surface area contributed by atoms with Gasteiger partial charge in [-0.2, -0.15) is 0 Å². The van der Waals surface area contributed by atoms with Crippen molar-refractivity contribution >= 4 is 0 Å². The normalized spacial score (nSPS) is 25.5. The highest BCUT2D eigenvalue weighted by Crippen LogP contribution is 2.28. The van der Waals surface area contributed by atoms with E-state index in [4.69, 9.17) is 0 Å². The van der Waals surface area contributed by atoms with Crippen LogP contribution in [0.2, 0.25) is 0 Å². The van der Waals surface area contributed by atoms with Crippen molar-refractivity contribution in [3.05, 3.63) is 12.2 Å². The van der Waals surface area contributed by atoms with Crippen LogP contribution in [0.4, 0.5) is 0 Å². The summed E-state index contributed by atoms with van der Waals surface area (Å²) in [5.74, 6) is 0.921. The maximum atomic E-state index is 4.04. The van der Waals surface area contributed by atoms with Gasteiger partial charge in [-0.15, -0.1) is 0 Å². The summed E-state index contributed by atoms with van der Waals surface area (Å²) < 4.78 is 0. The zero-order valence-corrected chi connectivity index (χ0v) is 12.2.